The molecular weight excluding hydrogens is 294 g/mol. The molecule has 2 atom stereocenters. The van der Waals surface area contributed by atoms with Gasteiger partial charge in [0.25, 0.3) is 0 Å². The summed E-state index contributed by atoms with van der Waals surface area (Å²) in [6.07, 6.45) is 5.76. The Morgan fingerprint density at radius 1 is 1.41 bits per heavy atom. The molecule has 1 fully saturated rings. The van der Waals surface area contributed by atoms with Crippen LogP contribution in [-0.2, 0) is 6.54 Å². The zero-order chi connectivity index (χ0) is 15.4. The lowest BCUT2D eigenvalue weighted by Crippen LogP contribution is -2.56. The third-order valence-corrected chi connectivity index (χ3v) is 5.71. The van der Waals surface area contributed by atoms with Crippen LogP contribution in [0.15, 0.2) is 42.7 Å². The van der Waals surface area contributed by atoms with Crippen LogP contribution in [0.1, 0.15) is 25.3 Å². The van der Waals surface area contributed by atoms with Crippen LogP contribution in [-0.4, -0.2) is 38.0 Å². The second-order valence-electron chi connectivity index (χ2n) is 5.77. The highest BCUT2D eigenvalue weighted by Gasteiger charge is 2.44. The Kier molecular flexibility index (Phi) is 4.86. The van der Waals surface area contributed by atoms with Crippen LogP contribution in [0, 0.1) is 0 Å². The molecule has 0 aliphatic heterocycles. The van der Waals surface area contributed by atoms with Gasteiger partial charge in [-0.05, 0) is 36.3 Å². The SMILES string of the molecule is CCS[C@H]1CC[C@]1(O)CNCc1ccccc1-n1cccn1. The summed E-state index contributed by atoms with van der Waals surface area (Å²) in [5, 5.41) is 18.7. The van der Waals surface area contributed by atoms with Gasteiger partial charge in [-0.15, -0.1) is 0 Å². The lowest BCUT2D eigenvalue weighted by molar-refractivity contribution is -0.0234. The number of benzene rings is 1. The maximum Gasteiger partial charge on any atom is 0.0889 e. The lowest BCUT2D eigenvalue weighted by atomic mass is 9.79. The number of hydrogen-bond donors (Lipinski definition) is 2. The van der Waals surface area contributed by atoms with Gasteiger partial charge in [-0.25, -0.2) is 4.68 Å². The molecule has 0 unspecified atom stereocenters. The molecule has 1 aromatic heterocycles. The minimum atomic E-state index is -0.540. The quantitative estimate of drug-likeness (QED) is 0.824. The number of aliphatic hydroxyl groups is 1. The molecule has 3 rings (SSSR count). The molecule has 0 amide bonds. The first-order valence-corrected chi connectivity index (χ1v) is 8.90. The van der Waals surface area contributed by atoms with E-state index in [1.54, 1.807) is 6.20 Å². The first kappa shape index (κ1) is 15.6. The van der Waals surface area contributed by atoms with Crippen LogP contribution in [0.4, 0.5) is 0 Å². The minimum absolute atomic E-state index is 0.381. The van der Waals surface area contributed by atoms with Crippen LogP contribution in [0.3, 0.4) is 0 Å². The first-order chi connectivity index (χ1) is 10.7. The van der Waals surface area contributed by atoms with Crippen molar-refractivity contribution in [2.45, 2.75) is 37.2 Å². The topological polar surface area (TPSA) is 50.1 Å². The Morgan fingerprint density at radius 2 is 2.27 bits per heavy atom. The van der Waals surface area contributed by atoms with E-state index in [4.69, 9.17) is 0 Å². The highest BCUT2D eigenvalue weighted by atomic mass is 32.2. The molecule has 1 saturated carbocycles. The van der Waals surface area contributed by atoms with Crippen molar-refractivity contribution < 1.29 is 5.11 Å². The Morgan fingerprint density at radius 3 is 2.95 bits per heavy atom. The Hall–Kier alpha value is -1.30. The third-order valence-electron chi connectivity index (χ3n) is 4.30. The smallest absolute Gasteiger partial charge is 0.0889 e. The van der Waals surface area contributed by atoms with Gasteiger partial charge in [0.15, 0.2) is 0 Å². The number of aromatic nitrogens is 2. The lowest BCUT2D eigenvalue weighted by Gasteiger charge is -2.45. The summed E-state index contributed by atoms with van der Waals surface area (Å²) in [6, 6.07) is 10.2. The van der Waals surface area contributed by atoms with E-state index in [1.165, 1.54) is 5.56 Å². The van der Waals surface area contributed by atoms with Crippen molar-refractivity contribution >= 4 is 11.8 Å². The molecule has 118 valence electrons. The van der Waals surface area contributed by atoms with Gasteiger partial charge in [-0.1, -0.05) is 25.1 Å². The zero-order valence-corrected chi connectivity index (χ0v) is 13.7. The third kappa shape index (κ3) is 3.21. The number of rotatable bonds is 7. The maximum absolute atomic E-state index is 10.6. The van der Waals surface area contributed by atoms with E-state index in [-0.39, 0.29) is 0 Å². The van der Waals surface area contributed by atoms with Gasteiger partial charge in [0.05, 0.1) is 11.3 Å². The van der Waals surface area contributed by atoms with E-state index in [1.807, 2.05) is 40.8 Å². The van der Waals surface area contributed by atoms with Crippen LogP contribution in [0.2, 0.25) is 0 Å². The van der Waals surface area contributed by atoms with Gasteiger partial charge < -0.3 is 10.4 Å². The molecule has 1 heterocycles. The average molecular weight is 317 g/mol. The molecule has 0 radical (unpaired) electrons. The van der Waals surface area contributed by atoms with Crippen LogP contribution >= 0.6 is 11.8 Å². The fourth-order valence-corrected chi connectivity index (χ4v) is 4.14. The van der Waals surface area contributed by atoms with Gasteiger partial charge in [-0.3, -0.25) is 0 Å². The van der Waals surface area contributed by atoms with Crippen molar-refractivity contribution in [1.29, 1.82) is 0 Å². The van der Waals surface area contributed by atoms with Crippen LogP contribution in [0.25, 0.3) is 5.69 Å². The maximum atomic E-state index is 10.6. The van der Waals surface area contributed by atoms with Crippen LogP contribution < -0.4 is 5.32 Å². The molecule has 22 heavy (non-hydrogen) atoms. The highest BCUT2D eigenvalue weighted by molar-refractivity contribution is 8.00. The summed E-state index contributed by atoms with van der Waals surface area (Å²) in [7, 11) is 0. The van der Waals surface area contributed by atoms with Gasteiger partial charge in [0.2, 0.25) is 0 Å². The second-order valence-corrected chi connectivity index (χ2v) is 7.25. The molecule has 2 aromatic rings. The molecule has 5 heteroatoms. The van der Waals surface area contributed by atoms with Crippen LogP contribution in [0.5, 0.6) is 0 Å². The molecule has 0 bridgehead atoms. The van der Waals surface area contributed by atoms with E-state index < -0.39 is 5.60 Å². The predicted octanol–water partition coefficient (Wildman–Crippen LogP) is 2.61. The molecule has 4 nitrogen and oxygen atoms in total. The van der Waals surface area contributed by atoms with Gasteiger partial charge >= 0.3 is 0 Å². The standard InChI is InChI=1S/C17H23N3OS/c1-2-22-16-8-9-17(16,21)13-18-12-14-6-3-4-7-15(14)20-11-5-10-19-20/h3-7,10-11,16,18,21H,2,8-9,12-13H2,1H3/t16-,17-/m0/s1. The summed E-state index contributed by atoms with van der Waals surface area (Å²) in [5.41, 5.74) is 1.73. The Labute approximate surface area is 135 Å². The summed E-state index contributed by atoms with van der Waals surface area (Å²) in [6.45, 7) is 3.54. The molecule has 1 aliphatic rings. The number of thioether (sulfide) groups is 1. The van der Waals surface area contributed by atoms with Crippen molar-refractivity contribution in [3.8, 4) is 5.69 Å². The monoisotopic (exact) mass is 317 g/mol. The largest absolute Gasteiger partial charge is 0.387 e. The highest BCUT2D eigenvalue weighted by Crippen LogP contribution is 2.40. The zero-order valence-electron chi connectivity index (χ0n) is 12.9. The van der Waals surface area contributed by atoms with Gasteiger partial charge in [0, 0.05) is 30.7 Å². The number of para-hydroxylation sites is 1. The summed E-state index contributed by atoms with van der Waals surface area (Å²) in [4.78, 5) is 0. The van der Waals surface area contributed by atoms with E-state index in [0.29, 0.717) is 11.8 Å². The number of nitrogens with one attached hydrogen (secondary N) is 1. The molecule has 0 spiro atoms. The van der Waals surface area contributed by atoms with Gasteiger partial charge in [0.1, 0.15) is 0 Å². The van der Waals surface area contributed by atoms with E-state index in [2.05, 4.69) is 29.5 Å². The van der Waals surface area contributed by atoms with Crippen molar-refractivity contribution in [2.24, 2.45) is 0 Å². The average Bonchev–Trinajstić information content (AvgIpc) is 3.06. The molecule has 1 aromatic carbocycles. The summed E-state index contributed by atoms with van der Waals surface area (Å²) in [5.74, 6) is 1.06. The number of hydrogen-bond acceptors (Lipinski definition) is 4. The summed E-state index contributed by atoms with van der Waals surface area (Å²) >= 11 is 1.87. The van der Waals surface area contributed by atoms with Gasteiger partial charge in [-0.2, -0.15) is 16.9 Å². The second kappa shape index (κ2) is 6.86. The fraction of sp³-hybridized carbons (Fsp3) is 0.471. The Bertz CT molecular complexity index is 602. The summed E-state index contributed by atoms with van der Waals surface area (Å²) < 4.78 is 1.88. The number of nitrogens with zero attached hydrogens (tertiary/aromatic N) is 2. The molecule has 2 N–H and O–H groups in total. The normalized spacial score (nSPS) is 24.2. The molecule has 0 saturated heterocycles. The molecule has 1 aliphatic carbocycles. The van der Waals surface area contributed by atoms with Crippen molar-refractivity contribution in [3.05, 3.63) is 48.3 Å². The van der Waals surface area contributed by atoms with E-state index in [9.17, 15) is 5.11 Å². The molecular formula is C17H23N3OS. The van der Waals surface area contributed by atoms with Crippen molar-refractivity contribution in [3.63, 3.8) is 0 Å². The van der Waals surface area contributed by atoms with Crippen molar-refractivity contribution in [1.82, 2.24) is 15.1 Å². The predicted molar refractivity (Wildman–Crippen MR) is 91.4 cm³/mol. The first-order valence-electron chi connectivity index (χ1n) is 7.85. The Balaban J connectivity index is 1.61. The van der Waals surface area contributed by atoms with Crippen molar-refractivity contribution in [2.75, 3.05) is 12.3 Å². The van der Waals surface area contributed by atoms with E-state index in [0.717, 1.165) is 30.8 Å². The fourth-order valence-electron chi connectivity index (χ4n) is 2.95. The minimum Gasteiger partial charge on any atom is -0.387 e. The van der Waals surface area contributed by atoms with E-state index >= 15 is 0 Å².